The van der Waals surface area contributed by atoms with Crippen molar-refractivity contribution in [3.8, 4) is 6.07 Å². The van der Waals surface area contributed by atoms with Gasteiger partial charge in [0.1, 0.15) is 18.0 Å². The van der Waals surface area contributed by atoms with Gasteiger partial charge in [-0.05, 0) is 24.3 Å². The van der Waals surface area contributed by atoms with Gasteiger partial charge in [0.25, 0.3) is 0 Å². The van der Waals surface area contributed by atoms with E-state index in [1.165, 1.54) is 6.33 Å². The SMILES string of the molecule is N#Cc1ccc(Nc2cc(NC3CNC3)ncn2)cc1. The number of nitrogens with zero attached hydrogens (tertiary/aromatic N) is 3. The lowest BCUT2D eigenvalue weighted by Gasteiger charge is -2.28. The van der Waals surface area contributed by atoms with Crippen molar-refractivity contribution in [3.63, 3.8) is 0 Å². The third-order valence-electron chi connectivity index (χ3n) is 3.09. The fourth-order valence-corrected chi connectivity index (χ4v) is 1.88. The molecule has 0 aliphatic carbocycles. The summed E-state index contributed by atoms with van der Waals surface area (Å²) in [5, 5.41) is 18.5. The van der Waals surface area contributed by atoms with Crippen molar-refractivity contribution in [2.24, 2.45) is 0 Å². The summed E-state index contributed by atoms with van der Waals surface area (Å²) in [6, 6.07) is 11.6. The Hall–Kier alpha value is -2.65. The maximum atomic E-state index is 8.76. The second-order valence-corrected chi connectivity index (χ2v) is 4.60. The van der Waals surface area contributed by atoms with E-state index in [0.717, 1.165) is 30.4 Å². The molecule has 1 saturated heterocycles. The summed E-state index contributed by atoms with van der Waals surface area (Å²) in [6.07, 6.45) is 1.53. The Morgan fingerprint density at radius 2 is 1.90 bits per heavy atom. The predicted molar refractivity (Wildman–Crippen MR) is 76.8 cm³/mol. The number of aromatic nitrogens is 2. The van der Waals surface area contributed by atoms with Crippen LogP contribution in [0.3, 0.4) is 0 Å². The highest BCUT2D eigenvalue weighted by Gasteiger charge is 2.16. The van der Waals surface area contributed by atoms with Gasteiger partial charge in [-0.15, -0.1) is 0 Å². The molecule has 0 amide bonds. The average Bonchev–Trinajstić information content (AvgIpc) is 2.44. The Labute approximate surface area is 116 Å². The number of nitrogens with one attached hydrogen (secondary N) is 3. The van der Waals surface area contributed by atoms with Gasteiger partial charge in [0, 0.05) is 24.8 Å². The molecule has 1 fully saturated rings. The molecule has 0 spiro atoms. The molecule has 1 aliphatic rings. The quantitative estimate of drug-likeness (QED) is 0.777. The minimum atomic E-state index is 0.438. The average molecular weight is 266 g/mol. The van der Waals surface area contributed by atoms with Crippen LogP contribution in [0, 0.1) is 11.3 Å². The van der Waals surface area contributed by atoms with Crippen LogP contribution in [0.5, 0.6) is 0 Å². The van der Waals surface area contributed by atoms with E-state index in [4.69, 9.17) is 5.26 Å². The molecular formula is C14H14N6. The smallest absolute Gasteiger partial charge is 0.135 e. The Bertz CT molecular complexity index is 627. The second-order valence-electron chi connectivity index (χ2n) is 4.60. The Balaban J connectivity index is 1.69. The number of hydrogen-bond acceptors (Lipinski definition) is 6. The number of nitriles is 1. The summed E-state index contributed by atoms with van der Waals surface area (Å²) in [7, 11) is 0. The minimum Gasteiger partial charge on any atom is -0.365 e. The molecule has 6 nitrogen and oxygen atoms in total. The summed E-state index contributed by atoms with van der Waals surface area (Å²) in [5.41, 5.74) is 1.53. The second kappa shape index (κ2) is 5.55. The van der Waals surface area contributed by atoms with Crippen molar-refractivity contribution in [1.29, 1.82) is 5.26 Å². The molecule has 3 N–H and O–H groups in total. The first-order chi connectivity index (χ1) is 9.83. The summed E-state index contributed by atoms with van der Waals surface area (Å²) in [4.78, 5) is 8.38. The molecule has 2 heterocycles. The molecule has 1 aromatic carbocycles. The highest BCUT2D eigenvalue weighted by Crippen LogP contribution is 2.17. The van der Waals surface area contributed by atoms with Crippen molar-refractivity contribution in [3.05, 3.63) is 42.2 Å². The molecule has 0 unspecified atom stereocenters. The van der Waals surface area contributed by atoms with Crippen molar-refractivity contribution in [1.82, 2.24) is 15.3 Å². The fourth-order valence-electron chi connectivity index (χ4n) is 1.88. The molecular weight excluding hydrogens is 252 g/mol. The van der Waals surface area contributed by atoms with Crippen LogP contribution in [-0.2, 0) is 0 Å². The molecule has 0 bridgehead atoms. The van der Waals surface area contributed by atoms with Crippen LogP contribution in [-0.4, -0.2) is 29.1 Å². The van der Waals surface area contributed by atoms with Gasteiger partial charge in [-0.1, -0.05) is 0 Å². The highest BCUT2D eigenvalue weighted by atomic mass is 15.1. The largest absolute Gasteiger partial charge is 0.365 e. The third kappa shape index (κ3) is 2.84. The lowest BCUT2D eigenvalue weighted by atomic mass is 10.2. The normalized spacial score (nSPS) is 14.2. The van der Waals surface area contributed by atoms with E-state index in [9.17, 15) is 0 Å². The van der Waals surface area contributed by atoms with Gasteiger partial charge in [-0.2, -0.15) is 5.26 Å². The zero-order valence-corrected chi connectivity index (χ0v) is 10.8. The fraction of sp³-hybridized carbons (Fsp3) is 0.214. The van der Waals surface area contributed by atoms with Crippen LogP contribution in [0.15, 0.2) is 36.7 Å². The van der Waals surface area contributed by atoms with E-state index in [1.807, 2.05) is 18.2 Å². The molecule has 100 valence electrons. The Morgan fingerprint density at radius 1 is 1.15 bits per heavy atom. The number of rotatable bonds is 4. The molecule has 0 radical (unpaired) electrons. The van der Waals surface area contributed by atoms with E-state index in [1.54, 1.807) is 12.1 Å². The number of hydrogen-bond donors (Lipinski definition) is 3. The van der Waals surface area contributed by atoms with Crippen LogP contribution in [0.25, 0.3) is 0 Å². The molecule has 6 heteroatoms. The number of benzene rings is 1. The maximum Gasteiger partial charge on any atom is 0.135 e. The Morgan fingerprint density at radius 3 is 2.55 bits per heavy atom. The van der Waals surface area contributed by atoms with Gasteiger partial charge >= 0.3 is 0 Å². The van der Waals surface area contributed by atoms with Crippen LogP contribution >= 0.6 is 0 Å². The van der Waals surface area contributed by atoms with E-state index >= 15 is 0 Å². The third-order valence-corrected chi connectivity index (χ3v) is 3.09. The zero-order chi connectivity index (χ0) is 13.8. The van der Waals surface area contributed by atoms with E-state index in [-0.39, 0.29) is 0 Å². The summed E-state index contributed by atoms with van der Waals surface area (Å²) in [5.74, 6) is 1.53. The topological polar surface area (TPSA) is 85.7 Å². The number of anilines is 3. The monoisotopic (exact) mass is 266 g/mol. The van der Waals surface area contributed by atoms with Crippen LogP contribution in [0.4, 0.5) is 17.3 Å². The first kappa shape index (κ1) is 12.4. The summed E-state index contributed by atoms with van der Waals surface area (Å²) < 4.78 is 0. The summed E-state index contributed by atoms with van der Waals surface area (Å²) >= 11 is 0. The molecule has 0 atom stereocenters. The van der Waals surface area contributed by atoms with Crippen molar-refractivity contribution >= 4 is 17.3 Å². The van der Waals surface area contributed by atoms with E-state index < -0.39 is 0 Å². The lowest BCUT2D eigenvalue weighted by Crippen LogP contribution is -2.51. The van der Waals surface area contributed by atoms with Gasteiger partial charge in [0.2, 0.25) is 0 Å². The van der Waals surface area contributed by atoms with Crippen LogP contribution in [0.1, 0.15) is 5.56 Å². The molecule has 1 aliphatic heterocycles. The summed E-state index contributed by atoms with van der Waals surface area (Å²) in [6.45, 7) is 1.92. The van der Waals surface area contributed by atoms with E-state index in [2.05, 4.69) is 32.0 Å². The zero-order valence-electron chi connectivity index (χ0n) is 10.8. The first-order valence-corrected chi connectivity index (χ1v) is 6.40. The lowest BCUT2D eigenvalue weighted by molar-refractivity contribution is 0.471. The predicted octanol–water partition coefficient (Wildman–Crippen LogP) is 1.48. The highest BCUT2D eigenvalue weighted by molar-refractivity contribution is 5.59. The van der Waals surface area contributed by atoms with E-state index in [0.29, 0.717) is 11.6 Å². The van der Waals surface area contributed by atoms with Gasteiger partial charge in [-0.25, -0.2) is 9.97 Å². The standard InChI is InChI=1S/C14H14N6/c15-6-10-1-3-11(4-2-10)19-13-5-14(18-9-17-13)20-12-7-16-8-12/h1-5,9,12,16H,7-8H2,(H2,17,18,19,20). The molecule has 2 aromatic rings. The first-order valence-electron chi connectivity index (χ1n) is 6.40. The molecule has 1 aromatic heterocycles. The molecule has 20 heavy (non-hydrogen) atoms. The minimum absolute atomic E-state index is 0.438. The van der Waals surface area contributed by atoms with Gasteiger partial charge in [0.15, 0.2) is 0 Å². The molecule has 0 saturated carbocycles. The maximum absolute atomic E-state index is 8.76. The van der Waals surface area contributed by atoms with Crippen molar-refractivity contribution in [2.75, 3.05) is 23.7 Å². The van der Waals surface area contributed by atoms with Crippen molar-refractivity contribution in [2.45, 2.75) is 6.04 Å². The van der Waals surface area contributed by atoms with Gasteiger partial charge < -0.3 is 16.0 Å². The van der Waals surface area contributed by atoms with Crippen LogP contribution < -0.4 is 16.0 Å². The van der Waals surface area contributed by atoms with Crippen LogP contribution in [0.2, 0.25) is 0 Å². The molecule has 3 rings (SSSR count). The van der Waals surface area contributed by atoms with Crippen molar-refractivity contribution < 1.29 is 0 Å². The Kier molecular flexibility index (Phi) is 3.44. The van der Waals surface area contributed by atoms with Gasteiger partial charge in [0.05, 0.1) is 17.7 Å². The van der Waals surface area contributed by atoms with Gasteiger partial charge in [-0.3, -0.25) is 0 Å².